The van der Waals surface area contributed by atoms with Gasteiger partial charge in [0.1, 0.15) is 5.75 Å². The minimum absolute atomic E-state index is 0.245. The van der Waals surface area contributed by atoms with Gasteiger partial charge in [-0.05, 0) is 55.3 Å². The van der Waals surface area contributed by atoms with Crippen LogP contribution in [0.4, 0.5) is 5.69 Å². The summed E-state index contributed by atoms with van der Waals surface area (Å²) in [5.41, 5.74) is 3.14. The lowest BCUT2D eigenvalue weighted by Crippen LogP contribution is -2.36. The molecule has 0 aliphatic rings. The molecule has 0 atom stereocenters. The summed E-state index contributed by atoms with van der Waals surface area (Å²) in [5.74, 6) is -1.33. The van der Waals surface area contributed by atoms with Gasteiger partial charge < -0.3 is 20.1 Å². The molecule has 0 fully saturated rings. The van der Waals surface area contributed by atoms with Gasteiger partial charge in [-0.2, -0.15) is 5.26 Å². The highest BCUT2D eigenvalue weighted by Gasteiger charge is 2.11. The second-order valence-corrected chi connectivity index (χ2v) is 6.16. The number of benzene rings is 2. The number of nitrogens with one attached hydrogen (secondary N) is 2. The lowest BCUT2D eigenvalue weighted by Gasteiger charge is -2.11. The molecule has 8 nitrogen and oxygen atoms in total. The van der Waals surface area contributed by atoms with Gasteiger partial charge in [0.2, 0.25) is 5.91 Å². The van der Waals surface area contributed by atoms with E-state index in [1.165, 1.54) is 0 Å². The Hall–Kier alpha value is -3.86. The summed E-state index contributed by atoms with van der Waals surface area (Å²) in [6.45, 7) is 2.68. The summed E-state index contributed by atoms with van der Waals surface area (Å²) < 4.78 is 10.0. The number of anilines is 1. The molecule has 8 heteroatoms. The van der Waals surface area contributed by atoms with Gasteiger partial charge in [0.25, 0.3) is 5.91 Å². The Labute approximate surface area is 168 Å². The predicted octanol–water partition coefficient (Wildman–Crippen LogP) is 1.85. The molecule has 2 aromatic carbocycles. The second-order valence-electron chi connectivity index (χ2n) is 6.16. The zero-order valence-electron chi connectivity index (χ0n) is 16.2. The summed E-state index contributed by atoms with van der Waals surface area (Å²) in [7, 11) is 0. The van der Waals surface area contributed by atoms with Crippen LogP contribution in [0.2, 0.25) is 0 Å². The van der Waals surface area contributed by atoms with Gasteiger partial charge in [-0.25, -0.2) is 4.79 Å². The lowest BCUT2D eigenvalue weighted by atomic mass is 10.1. The number of carbonyl (C=O) groups excluding carboxylic acids is 3. The first-order chi connectivity index (χ1) is 13.9. The van der Waals surface area contributed by atoms with Crippen LogP contribution in [0.15, 0.2) is 42.5 Å². The number of carbonyl (C=O) groups is 3. The van der Waals surface area contributed by atoms with Crippen molar-refractivity contribution >= 4 is 23.5 Å². The molecule has 0 radical (unpaired) electrons. The molecule has 29 heavy (non-hydrogen) atoms. The number of rotatable bonds is 8. The monoisotopic (exact) mass is 395 g/mol. The van der Waals surface area contributed by atoms with Crippen molar-refractivity contribution in [2.75, 3.05) is 25.1 Å². The SMILES string of the molecule is Cc1cccc(NC(=O)CNC(=O)COC(=O)COc2ccc(C#N)cc2)c1C. The summed E-state index contributed by atoms with van der Waals surface area (Å²) >= 11 is 0. The Morgan fingerprint density at radius 2 is 1.72 bits per heavy atom. The van der Waals surface area contributed by atoms with E-state index >= 15 is 0 Å². The third-order valence-electron chi connectivity index (χ3n) is 4.03. The first-order valence-electron chi connectivity index (χ1n) is 8.80. The number of ether oxygens (including phenoxy) is 2. The molecular formula is C21H21N3O5. The number of nitrogens with zero attached hydrogens (tertiary/aromatic N) is 1. The molecule has 2 rings (SSSR count). The van der Waals surface area contributed by atoms with Crippen molar-refractivity contribution in [2.24, 2.45) is 0 Å². The highest BCUT2D eigenvalue weighted by Crippen LogP contribution is 2.17. The molecule has 2 N–H and O–H groups in total. The topological polar surface area (TPSA) is 118 Å². The highest BCUT2D eigenvalue weighted by atomic mass is 16.6. The Morgan fingerprint density at radius 1 is 1.00 bits per heavy atom. The quantitative estimate of drug-likeness (QED) is 0.659. The van der Waals surface area contributed by atoms with E-state index in [0.29, 0.717) is 17.0 Å². The summed E-state index contributed by atoms with van der Waals surface area (Å²) in [4.78, 5) is 35.3. The number of aryl methyl sites for hydroxylation is 1. The van der Waals surface area contributed by atoms with Crippen molar-refractivity contribution < 1.29 is 23.9 Å². The van der Waals surface area contributed by atoms with Gasteiger partial charge in [-0.3, -0.25) is 9.59 Å². The molecule has 0 aromatic heterocycles. The van der Waals surface area contributed by atoms with Crippen LogP contribution < -0.4 is 15.4 Å². The molecule has 0 bridgehead atoms. The van der Waals surface area contributed by atoms with E-state index in [-0.39, 0.29) is 19.1 Å². The highest BCUT2D eigenvalue weighted by molar-refractivity contribution is 5.95. The van der Waals surface area contributed by atoms with Crippen molar-refractivity contribution in [3.8, 4) is 11.8 Å². The Bertz CT molecular complexity index is 932. The van der Waals surface area contributed by atoms with Crippen LogP contribution in [0, 0.1) is 25.2 Å². The molecule has 0 saturated heterocycles. The van der Waals surface area contributed by atoms with Crippen LogP contribution in [0.3, 0.4) is 0 Å². The van der Waals surface area contributed by atoms with Crippen molar-refractivity contribution in [1.29, 1.82) is 5.26 Å². The third kappa shape index (κ3) is 6.99. The lowest BCUT2D eigenvalue weighted by molar-refractivity contribution is -0.150. The van der Waals surface area contributed by atoms with E-state index in [1.807, 2.05) is 32.0 Å². The molecular weight excluding hydrogens is 374 g/mol. The molecule has 0 heterocycles. The number of nitriles is 1. The molecule has 2 aromatic rings. The van der Waals surface area contributed by atoms with Gasteiger partial charge in [-0.1, -0.05) is 12.1 Å². The largest absolute Gasteiger partial charge is 0.482 e. The number of hydrogen-bond acceptors (Lipinski definition) is 6. The van der Waals surface area contributed by atoms with Crippen LogP contribution >= 0.6 is 0 Å². The van der Waals surface area contributed by atoms with Crippen LogP contribution in [-0.4, -0.2) is 37.5 Å². The normalized spacial score (nSPS) is 9.83. The van der Waals surface area contributed by atoms with E-state index in [2.05, 4.69) is 10.6 Å². The molecule has 150 valence electrons. The summed E-state index contributed by atoms with van der Waals surface area (Å²) in [6, 6.07) is 13.7. The van der Waals surface area contributed by atoms with Crippen molar-refractivity contribution in [3.63, 3.8) is 0 Å². The minimum atomic E-state index is -0.732. The maximum atomic E-state index is 11.9. The van der Waals surface area contributed by atoms with Gasteiger partial charge in [0, 0.05) is 5.69 Å². The van der Waals surface area contributed by atoms with Crippen molar-refractivity contribution in [2.45, 2.75) is 13.8 Å². The Morgan fingerprint density at radius 3 is 2.41 bits per heavy atom. The Balaban J connectivity index is 1.66. The van der Waals surface area contributed by atoms with E-state index in [9.17, 15) is 14.4 Å². The number of amides is 2. The standard InChI is InChI=1S/C21H21N3O5/c1-14-4-3-5-18(15(14)2)24-19(25)11-23-20(26)12-29-21(27)13-28-17-8-6-16(10-22)7-9-17/h3-9H,11-13H2,1-2H3,(H,23,26)(H,24,25). The van der Waals surface area contributed by atoms with E-state index in [4.69, 9.17) is 14.7 Å². The van der Waals surface area contributed by atoms with Crippen molar-refractivity contribution in [3.05, 3.63) is 59.2 Å². The fourth-order valence-corrected chi connectivity index (χ4v) is 2.27. The number of esters is 1. The van der Waals surface area contributed by atoms with Crippen LogP contribution in [0.1, 0.15) is 16.7 Å². The zero-order chi connectivity index (χ0) is 21.2. The molecule has 2 amide bonds. The number of hydrogen-bond donors (Lipinski definition) is 2. The van der Waals surface area contributed by atoms with Gasteiger partial charge >= 0.3 is 5.97 Å². The first-order valence-corrected chi connectivity index (χ1v) is 8.80. The minimum Gasteiger partial charge on any atom is -0.482 e. The van der Waals surface area contributed by atoms with Gasteiger partial charge in [-0.15, -0.1) is 0 Å². The van der Waals surface area contributed by atoms with Crippen molar-refractivity contribution in [1.82, 2.24) is 5.32 Å². The van der Waals surface area contributed by atoms with Gasteiger partial charge in [0.05, 0.1) is 18.2 Å². The fourth-order valence-electron chi connectivity index (χ4n) is 2.27. The maximum absolute atomic E-state index is 11.9. The molecule has 0 spiro atoms. The van der Waals surface area contributed by atoms with E-state index in [0.717, 1.165) is 11.1 Å². The molecule has 0 unspecified atom stereocenters. The smallest absolute Gasteiger partial charge is 0.344 e. The second kappa shape index (κ2) is 10.5. The van der Waals surface area contributed by atoms with Gasteiger partial charge in [0.15, 0.2) is 13.2 Å². The third-order valence-corrected chi connectivity index (χ3v) is 4.03. The summed E-state index contributed by atoms with van der Waals surface area (Å²) in [6.07, 6.45) is 0. The van der Waals surface area contributed by atoms with Crippen LogP contribution in [-0.2, 0) is 19.1 Å². The van der Waals surface area contributed by atoms with E-state index < -0.39 is 18.5 Å². The summed E-state index contributed by atoms with van der Waals surface area (Å²) in [5, 5.41) is 13.8. The van der Waals surface area contributed by atoms with E-state index in [1.54, 1.807) is 30.3 Å². The Kier molecular flexibility index (Phi) is 7.74. The predicted molar refractivity (Wildman–Crippen MR) is 105 cm³/mol. The average Bonchev–Trinajstić information content (AvgIpc) is 2.73. The van der Waals surface area contributed by atoms with Crippen LogP contribution in [0.5, 0.6) is 5.75 Å². The average molecular weight is 395 g/mol. The first kappa shape index (κ1) is 21.4. The fraction of sp³-hybridized carbons (Fsp3) is 0.238. The zero-order valence-corrected chi connectivity index (χ0v) is 16.2. The maximum Gasteiger partial charge on any atom is 0.344 e. The van der Waals surface area contributed by atoms with Crippen LogP contribution in [0.25, 0.3) is 0 Å². The molecule has 0 aliphatic heterocycles. The molecule has 0 saturated carbocycles. The molecule has 0 aliphatic carbocycles.